The second-order valence-electron chi connectivity index (χ2n) is 3.87. The van der Waals surface area contributed by atoms with Crippen molar-refractivity contribution in [1.82, 2.24) is 9.47 Å². The summed E-state index contributed by atoms with van der Waals surface area (Å²) in [5, 5.41) is 0. The van der Waals surface area contributed by atoms with Crippen LogP contribution in [0.1, 0.15) is 11.3 Å². The van der Waals surface area contributed by atoms with E-state index in [2.05, 4.69) is 0 Å². The number of rotatable bonds is 0. The molecule has 0 radical (unpaired) electrons. The summed E-state index contributed by atoms with van der Waals surface area (Å²) in [5.41, 5.74) is 1.80. The van der Waals surface area contributed by atoms with Gasteiger partial charge in [-0.1, -0.05) is 0 Å². The first-order valence-corrected chi connectivity index (χ1v) is 4.89. The predicted octanol–water partition coefficient (Wildman–Crippen LogP) is 1.47. The van der Waals surface area contributed by atoms with Crippen molar-refractivity contribution in [2.24, 2.45) is 7.05 Å². The minimum absolute atomic E-state index is 0.0501. The molecule has 16 heavy (non-hydrogen) atoms. The van der Waals surface area contributed by atoms with Gasteiger partial charge in [0.15, 0.2) is 0 Å². The molecule has 1 aromatic rings. The Bertz CT molecular complexity index is 422. The van der Waals surface area contributed by atoms with Crippen molar-refractivity contribution in [3.05, 3.63) is 23.5 Å². The zero-order chi connectivity index (χ0) is 11.9. The van der Waals surface area contributed by atoms with E-state index in [1.165, 1.54) is 0 Å². The molecular weight excluding hydrogens is 221 g/mol. The highest BCUT2D eigenvalue weighted by Crippen LogP contribution is 2.24. The molecule has 1 aliphatic heterocycles. The Labute approximate surface area is 90.5 Å². The van der Waals surface area contributed by atoms with Crippen LogP contribution in [0, 0.1) is 0 Å². The minimum Gasteiger partial charge on any atom is -0.354 e. The fraction of sp³-hybridized carbons (Fsp3) is 0.500. The van der Waals surface area contributed by atoms with Crippen LogP contribution in [0.4, 0.5) is 13.2 Å². The Morgan fingerprint density at radius 2 is 2.12 bits per heavy atom. The molecule has 0 unspecified atom stereocenters. The molecule has 0 atom stereocenters. The first kappa shape index (κ1) is 11.0. The number of aryl methyl sites for hydroxylation is 1. The number of alkyl halides is 3. The van der Waals surface area contributed by atoms with Crippen LogP contribution >= 0.6 is 0 Å². The molecule has 0 N–H and O–H groups in total. The number of aromatic nitrogens is 1. The molecule has 0 saturated carbocycles. The fourth-order valence-electron chi connectivity index (χ4n) is 1.97. The van der Waals surface area contributed by atoms with Crippen LogP contribution in [-0.2, 0) is 24.8 Å². The molecule has 1 aromatic heterocycles. The van der Waals surface area contributed by atoms with Crippen molar-refractivity contribution in [3.8, 4) is 0 Å². The van der Waals surface area contributed by atoms with Crippen LogP contribution < -0.4 is 0 Å². The number of fused-ring (bicyclic) bond motifs is 1. The second-order valence-corrected chi connectivity index (χ2v) is 3.87. The molecule has 0 fully saturated rings. The van der Waals surface area contributed by atoms with Gasteiger partial charge in [0.2, 0.25) is 0 Å². The Hall–Kier alpha value is -1.46. The number of carbonyl (C=O) groups is 1. The lowest BCUT2D eigenvalue weighted by Gasteiger charge is -2.28. The maximum atomic E-state index is 12.2. The first-order chi connectivity index (χ1) is 7.39. The van der Waals surface area contributed by atoms with Gasteiger partial charge in [-0.2, -0.15) is 13.2 Å². The summed E-state index contributed by atoms with van der Waals surface area (Å²) in [6, 6.07) is 1.76. The molecule has 2 heterocycles. The SMILES string of the molecule is Cn1ccc2c1CCN(C(=O)C(F)(F)F)C2. The number of nitrogens with zero attached hydrogens (tertiary/aromatic N) is 2. The van der Waals surface area contributed by atoms with Gasteiger partial charge in [0.25, 0.3) is 0 Å². The van der Waals surface area contributed by atoms with Crippen LogP contribution in [0.25, 0.3) is 0 Å². The fourth-order valence-corrected chi connectivity index (χ4v) is 1.97. The van der Waals surface area contributed by atoms with E-state index in [1.807, 2.05) is 11.6 Å². The van der Waals surface area contributed by atoms with E-state index >= 15 is 0 Å². The number of hydrogen-bond acceptors (Lipinski definition) is 1. The van der Waals surface area contributed by atoms with E-state index in [-0.39, 0.29) is 13.1 Å². The summed E-state index contributed by atoms with van der Waals surface area (Å²) >= 11 is 0. The number of amides is 1. The van der Waals surface area contributed by atoms with Crippen molar-refractivity contribution in [3.63, 3.8) is 0 Å². The highest BCUT2D eigenvalue weighted by atomic mass is 19.4. The van der Waals surface area contributed by atoms with Crippen LogP contribution in [0.15, 0.2) is 12.3 Å². The molecule has 2 rings (SSSR count). The summed E-state index contributed by atoms with van der Waals surface area (Å²) < 4.78 is 38.5. The molecular formula is C10H11F3N2O. The van der Waals surface area contributed by atoms with Crippen LogP contribution in [0.3, 0.4) is 0 Å². The molecule has 3 nitrogen and oxygen atoms in total. The van der Waals surface area contributed by atoms with E-state index < -0.39 is 12.1 Å². The van der Waals surface area contributed by atoms with Crippen molar-refractivity contribution >= 4 is 5.91 Å². The molecule has 6 heteroatoms. The summed E-state index contributed by atoms with van der Waals surface area (Å²) in [5.74, 6) is -1.75. The van der Waals surface area contributed by atoms with Gasteiger partial charge in [-0.15, -0.1) is 0 Å². The van der Waals surface area contributed by atoms with E-state index in [4.69, 9.17) is 0 Å². The van der Waals surface area contributed by atoms with E-state index in [9.17, 15) is 18.0 Å². The third-order valence-corrected chi connectivity index (χ3v) is 2.81. The van der Waals surface area contributed by atoms with E-state index in [1.54, 1.807) is 12.3 Å². The van der Waals surface area contributed by atoms with Gasteiger partial charge in [-0.3, -0.25) is 4.79 Å². The van der Waals surface area contributed by atoms with Gasteiger partial charge >= 0.3 is 12.1 Å². The minimum atomic E-state index is -4.77. The highest BCUT2D eigenvalue weighted by Gasteiger charge is 2.43. The largest absolute Gasteiger partial charge is 0.471 e. The van der Waals surface area contributed by atoms with Gasteiger partial charge in [0, 0.05) is 38.4 Å². The van der Waals surface area contributed by atoms with Gasteiger partial charge in [0.05, 0.1) is 0 Å². The van der Waals surface area contributed by atoms with E-state index in [0.29, 0.717) is 6.42 Å². The third kappa shape index (κ3) is 1.79. The Morgan fingerprint density at radius 1 is 1.44 bits per heavy atom. The Kier molecular flexibility index (Phi) is 2.44. The maximum absolute atomic E-state index is 12.2. The standard InChI is InChI=1S/C10H11F3N2O/c1-14-4-2-7-6-15(5-3-8(7)14)9(16)10(11,12)13/h2,4H,3,5-6H2,1H3. The van der Waals surface area contributed by atoms with Gasteiger partial charge in [0.1, 0.15) is 0 Å². The molecule has 0 spiro atoms. The molecule has 0 bridgehead atoms. The molecule has 0 aromatic carbocycles. The van der Waals surface area contributed by atoms with Crippen LogP contribution in [0.2, 0.25) is 0 Å². The average Bonchev–Trinajstić information content (AvgIpc) is 2.57. The van der Waals surface area contributed by atoms with Gasteiger partial charge < -0.3 is 9.47 Å². The molecule has 0 saturated heterocycles. The predicted molar refractivity (Wildman–Crippen MR) is 50.6 cm³/mol. The monoisotopic (exact) mass is 232 g/mol. The molecule has 1 aliphatic rings. The lowest BCUT2D eigenvalue weighted by Crippen LogP contribution is -2.43. The number of halogens is 3. The van der Waals surface area contributed by atoms with Gasteiger partial charge in [-0.05, 0) is 11.6 Å². The lowest BCUT2D eigenvalue weighted by molar-refractivity contribution is -0.186. The Balaban J connectivity index is 2.17. The first-order valence-electron chi connectivity index (χ1n) is 4.89. The van der Waals surface area contributed by atoms with Crippen molar-refractivity contribution in [2.45, 2.75) is 19.1 Å². The zero-order valence-corrected chi connectivity index (χ0v) is 8.71. The summed E-state index contributed by atoms with van der Waals surface area (Å²) in [4.78, 5) is 11.9. The van der Waals surface area contributed by atoms with Gasteiger partial charge in [-0.25, -0.2) is 0 Å². The smallest absolute Gasteiger partial charge is 0.354 e. The zero-order valence-electron chi connectivity index (χ0n) is 8.71. The lowest BCUT2D eigenvalue weighted by atomic mass is 10.1. The average molecular weight is 232 g/mol. The Morgan fingerprint density at radius 3 is 2.75 bits per heavy atom. The maximum Gasteiger partial charge on any atom is 0.471 e. The van der Waals surface area contributed by atoms with Crippen molar-refractivity contribution in [2.75, 3.05) is 6.54 Å². The van der Waals surface area contributed by atoms with Crippen LogP contribution in [-0.4, -0.2) is 28.1 Å². The highest BCUT2D eigenvalue weighted by molar-refractivity contribution is 5.82. The molecule has 0 aliphatic carbocycles. The molecule has 1 amide bonds. The summed E-state index contributed by atoms with van der Waals surface area (Å²) in [6.45, 7) is 0.178. The summed E-state index contributed by atoms with van der Waals surface area (Å²) in [6.07, 6.45) is -2.50. The van der Waals surface area contributed by atoms with E-state index in [0.717, 1.165) is 16.2 Å². The van der Waals surface area contributed by atoms with Crippen LogP contribution in [0.5, 0.6) is 0 Å². The second kappa shape index (κ2) is 3.54. The topological polar surface area (TPSA) is 25.2 Å². The van der Waals surface area contributed by atoms with Crippen molar-refractivity contribution < 1.29 is 18.0 Å². The van der Waals surface area contributed by atoms with Crippen molar-refractivity contribution in [1.29, 1.82) is 0 Å². The number of hydrogen-bond donors (Lipinski definition) is 0. The normalized spacial score (nSPS) is 16.1. The quantitative estimate of drug-likeness (QED) is 0.665. The number of carbonyl (C=O) groups excluding carboxylic acids is 1. The molecule has 88 valence electrons. The summed E-state index contributed by atoms with van der Waals surface area (Å²) in [7, 11) is 1.85. The third-order valence-electron chi connectivity index (χ3n) is 2.81.